The molecule has 0 radical (unpaired) electrons. The van der Waals surface area contributed by atoms with Crippen LogP contribution in [0.4, 0.5) is 5.82 Å². The van der Waals surface area contributed by atoms with Crippen LogP contribution in [0.5, 0.6) is 0 Å². The largest absolute Gasteiger partial charge is 0.360 e. The maximum absolute atomic E-state index is 11.6. The van der Waals surface area contributed by atoms with E-state index in [2.05, 4.69) is 26.2 Å². The highest BCUT2D eigenvalue weighted by atomic mass is 79.9. The number of hydrogen-bond acceptors (Lipinski definition) is 3. The van der Waals surface area contributed by atoms with E-state index < -0.39 is 0 Å². The van der Waals surface area contributed by atoms with E-state index in [9.17, 15) is 4.79 Å². The van der Waals surface area contributed by atoms with Gasteiger partial charge in [-0.05, 0) is 17.5 Å². The molecule has 19 heavy (non-hydrogen) atoms. The number of carbonyl (C=O) groups excluding carboxylic acids is 1. The zero-order chi connectivity index (χ0) is 14.0. The van der Waals surface area contributed by atoms with Gasteiger partial charge in [-0.1, -0.05) is 39.7 Å². The van der Waals surface area contributed by atoms with Gasteiger partial charge in [0.2, 0.25) is 5.91 Å². The molecule has 0 aliphatic heterocycles. The number of nitrogens with one attached hydrogen (secondary N) is 1. The number of amides is 1. The molecule has 2 aromatic rings. The first-order chi connectivity index (χ1) is 8.99. The fourth-order valence-electron chi connectivity index (χ4n) is 1.68. The number of anilines is 1. The highest BCUT2D eigenvalue weighted by molar-refractivity contribution is 9.10. The smallest absolute Gasteiger partial charge is 0.241 e. The van der Waals surface area contributed by atoms with Gasteiger partial charge in [0.25, 0.3) is 0 Å². The van der Waals surface area contributed by atoms with Crippen molar-refractivity contribution in [1.29, 1.82) is 0 Å². The molecule has 1 aromatic carbocycles. The van der Waals surface area contributed by atoms with Crippen molar-refractivity contribution in [3.05, 3.63) is 33.9 Å². The fraction of sp³-hybridized carbons (Fsp3) is 0.231. The Morgan fingerprint density at radius 3 is 2.89 bits per heavy atom. The van der Waals surface area contributed by atoms with E-state index in [4.69, 9.17) is 11.6 Å². The molecule has 1 heterocycles. The Balaban J connectivity index is 2.39. The molecule has 0 atom stereocenters. The summed E-state index contributed by atoms with van der Waals surface area (Å²) >= 11 is 9.48. The summed E-state index contributed by atoms with van der Waals surface area (Å²) in [7, 11) is 3.42. The third-order valence-electron chi connectivity index (χ3n) is 2.68. The maximum Gasteiger partial charge on any atom is 0.241 e. The number of halogens is 2. The van der Waals surface area contributed by atoms with Crippen molar-refractivity contribution in [2.45, 2.75) is 0 Å². The number of carbonyl (C=O) groups is 1. The first-order valence-corrected chi connectivity index (χ1v) is 6.85. The zero-order valence-electron chi connectivity index (χ0n) is 10.6. The van der Waals surface area contributed by atoms with E-state index in [1.54, 1.807) is 20.2 Å². The van der Waals surface area contributed by atoms with Crippen LogP contribution in [0.25, 0.3) is 10.8 Å². The number of rotatable bonds is 3. The summed E-state index contributed by atoms with van der Waals surface area (Å²) in [5.74, 6) is 0.576. The molecule has 6 heteroatoms. The molecule has 1 amide bonds. The van der Waals surface area contributed by atoms with Gasteiger partial charge in [0, 0.05) is 24.0 Å². The molecule has 2 rings (SSSR count). The van der Waals surface area contributed by atoms with Crippen molar-refractivity contribution in [2.75, 3.05) is 26.0 Å². The molecule has 1 N–H and O–H groups in total. The predicted molar refractivity (Wildman–Crippen MR) is 81.6 cm³/mol. The summed E-state index contributed by atoms with van der Waals surface area (Å²) in [5, 5.41) is 5.31. The summed E-state index contributed by atoms with van der Waals surface area (Å²) in [5.41, 5.74) is 0. The van der Waals surface area contributed by atoms with Gasteiger partial charge in [-0.3, -0.25) is 4.79 Å². The van der Waals surface area contributed by atoms with Crippen molar-refractivity contribution < 1.29 is 4.79 Å². The zero-order valence-corrected chi connectivity index (χ0v) is 12.9. The predicted octanol–water partition coefficient (Wildman–Crippen LogP) is 3.15. The number of fused-ring (bicyclic) bond motifs is 1. The second-order valence-corrected chi connectivity index (χ2v) is 5.51. The van der Waals surface area contributed by atoms with Crippen LogP contribution in [0, 0.1) is 0 Å². The third kappa shape index (κ3) is 3.16. The standard InChI is InChI=1S/C13H13BrClN3O/c1-18(2)11(19)7-16-13-12-8(6-10(15)17-13)4-3-5-9(12)14/h3-6H,7H2,1-2H3,(H,16,17). The Labute approximate surface area is 124 Å². The molecule has 0 aliphatic rings. The SMILES string of the molecule is CN(C)C(=O)CNc1nc(Cl)cc2cccc(Br)c12. The van der Waals surface area contributed by atoms with Crippen LogP contribution in [-0.2, 0) is 4.79 Å². The summed E-state index contributed by atoms with van der Waals surface area (Å²) in [4.78, 5) is 17.4. The van der Waals surface area contributed by atoms with E-state index in [-0.39, 0.29) is 12.5 Å². The van der Waals surface area contributed by atoms with E-state index in [1.165, 1.54) is 4.90 Å². The van der Waals surface area contributed by atoms with Crippen molar-refractivity contribution in [3.63, 3.8) is 0 Å². The number of aromatic nitrogens is 1. The van der Waals surface area contributed by atoms with Crippen LogP contribution >= 0.6 is 27.5 Å². The monoisotopic (exact) mass is 341 g/mol. The van der Waals surface area contributed by atoms with Crippen LogP contribution in [0.15, 0.2) is 28.7 Å². The second kappa shape index (κ2) is 5.75. The van der Waals surface area contributed by atoms with Gasteiger partial charge in [-0.2, -0.15) is 0 Å². The minimum atomic E-state index is -0.0259. The minimum absolute atomic E-state index is 0.0259. The van der Waals surface area contributed by atoms with Gasteiger partial charge in [0.15, 0.2) is 0 Å². The van der Waals surface area contributed by atoms with Crippen LogP contribution in [0.3, 0.4) is 0 Å². The summed E-state index contributed by atoms with van der Waals surface area (Å²) in [6, 6.07) is 7.60. The van der Waals surface area contributed by atoms with Crippen LogP contribution in [0.1, 0.15) is 0 Å². The Bertz CT molecular complexity index is 631. The molecule has 0 spiro atoms. The van der Waals surface area contributed by atoms with E-state index in [0.29, 0.717) is 11.0 Å². The van der Waals surface area contributed by atoms with Gasteiger partial charge in [0.1, 0.15) is 11.0 Å². The lowest BCUT2D eigenvalue weighted by Gasteiger charge is -2.13. The summed E-state index contributed by atoms with van der Waals surface area (Å²) in [6.45, 7) is 0.177. The van der Waals surface area contributed by atoms with Crippen molar-refractivity contribution in [3.8, 4) is 0 Å². The Kier molecular flexibility index (Phi) is 4.27. The second-order valence-electron chi connectivity index (χ2n) is 4.27. The molecular formula is C13H13BrClN3O. The van der Waals surface area contributed by atoms with Crippen molar-refractivity contribution in [2.24, 2.45) is 0 Å². The summed E-state index contributed by atoms with van der Waals surface area (Å²) < 4.78 is 0.911. The van der Waals surface area contributed by atoms with Gasteiger partial charge in [0.05, 0.1) is 6.54 Å². The van der Waals surface area contributed by atoms with Crippen molar-refractivity contribution in [1.82, 2.24) is 9.88 Å². The van der Waals surface area contributed by atoms with Crippen molar-refractivity contribution >= 4 is 50.0 Å². The first-order valence-electron chi connectivity index (χ1n) is 5.68. The molecular weight excluding hydrogens is 330 g/mol. The van der Waals surface area contributed by atoms with E-state index in [0.717, 1.165) is 15.2 Å². The molecule has 1 aromatic heterocycles. The molecule has 0 aliphatic carbocycles. The minimum Gasteiger partial charge on any atom is -0.360 e. The van der Waals surface area contributed by atoms with Crippen LogP contribution < -0.4 is 5.32 Å². The lowest BCUT2D eigenvalue weighted by Crippen LogP contribution is -2.28. The van der Waals surface area contributed by atoms with Crippen LogP contribution in [-0.4, -0.2) is 36.4 Å². The fourth-order valence-corrected chi connectivity index (χ4v) is 2.45. The molecule has 100 valence electrons. The quantitative estimate of drug-likeness (QED) is 0.872. The molecule has 0 unspecified atom stereocenters. The number of hydrogen-bond donors (Lipinski definition) is 1. The summed E-state index contributed by atoms with van der Waals surface area (Å²) in [6.07, 6.45) is 0. The average molecular weight is 343 g/mol. The topological polar surface area (TPSA) is 45.2 Å². The third-order valence-corrected chi connectivity index (χ3v) is 3.54. The van der Waals surface area contributed by atoms with Gasteiger partial charge < -0.3 is 10.2 Å². The maximum atomic E-state index is 11.6. The highest BCUT2D eigenvalue weighted by Gasteiger charge is 2.10. The van der Waals surface area contributed by atoms with E-state index in [1.807, 2.05) is 18.2 Å². The highest BCUT2D eigenvalue weighted by Crippen LogP contribution is 2.31. The first kappa shape index (κ1) is 14.1. The molecule has 0 fully saturated rings. The number of pyridine rings is 1. The lowest BCUT2D eigenvalue weighted by atomic mass is 10.1. The lowest BCUT2D eigenvalue weighted by molar-refractivity contribution is -0.126. The van der Waals surface area contributed by atoms with Gasteiger partial charge in [-0.15, -0.1) is 0 Å². The molecule has 0 saturated carbocycles. The van der Waals surface area contributed by atoms with Crippen LogP contribution in [0.2, 0.25) is 5.15 Å². The number of benzene rings is 1. The number of likely N-dealkylation sites (N-methyl/N-ethyl adjacent to an activating group) is 1. The Hall–Kier alpha value is -1.33. The van der Waals surface area contributed by atoms with Gasteiger partial charge in [-0.25, -0.2) is 4.98 Å². The van der Waals surface area contributed by atoms with E-state index >= 15 is 0 Å². The molecule has 0 bridgehead atoms. The molecule has 4 nitrogen and oxygen atoms in total. The van der Waals surface area contributed by atoms with Gasteiger partial charge >= 0.3 is 0 Å². The Morgan fingerprint density at radius 2 is 2.21 bits per heavy atom. The average Bonchev–Trinajstić information content (AvgIpc) is 2.35. The normalized spacial score (nSPS) is 10.5. The Morgan fingerprint density at radius 1 is 1.47 bits per heavy atom. The number of nitrogens with zero attached hydrogens (tertiary/aromatic N) is 2. The molecule has 0 saturated heterocycles.